The van der Waals surface area contributed by atoms with Gasteiger partial charge < -0.3 is 19.4 Å². The monoisotopic (exact) mass is 581 g/mol. The van der Waals surface area contributed by atoms with E-state index >= 15 is 4.39 Å². The first-order valence-electron chi connectivity index (χ1n) is 15.3. The molecule has 10 heteroatoms. The third-order valence-corrected chi connectivity index (χ3v) is 9.95. The van der Waals surface area contributed by atoms with Crippen LogP contribution in [0.4, 0.5) is 10.2 Å². The fourth-order valence-corrected chi connectivity index (χ4v) is 7.39. The summed E-state index contributed by atoms with van der Waals surface area (Å²) in [5.74, 6) is -0.184. The second-order valence-corrected chi connectivity index (χ2v) is 12.4. The smallest absolute Gasteiger partial charge is 0.319 e. The average Bonchev–Trinajstić information content (AvgIpc) is 3.55. The summed E-state index contributed by atoms with van der Waals surface area (Å²) in [5.41, 5.74) is 4.04. The average molecular weight is 582 g/mol. The van der Waals surface area contributed by atoms with Crippen LogP contribution in [-0.2, 0) is 16.6 Å². The van der Waals surface area contributed by atoms with E-state index in [2.05, 4.69) is 35.6 Å². The maximum absolute atomic E-state index is 16.7. The molecule has 43 heavy (non-hydrogen) atoms. The van der Waals surface area contributed by atoms with E-state index in [4.69, 9.17) is 14.7 Å². The second kappa shape index (κ2) is 10.9. The predicted molar refractivity (Wildman–Crippen MR) is 161 cm³/mol. The molecule has 2 atom stereocenters. The van der Waals surface area contributed by atoms with Crippen molar-refractivity contribution in [3.8, 4) is 23.3 Å². The van der Waals surface area contributed by atoms with Gasteiger partial charge in [0, 0.05) is 37.4 Å². The van der Waals surface area contributed by atoms with E-state index in [0.29, 0.717) is 43.1 Å². The van der Waals surface area contributed by atoms with E-state index in [9.17, 15) is 10.1 Å². The molecule has 3 fully saturated rings. The Bertz CT molecular complexity index is 1650. The molecule has 0 unspecified atom stereocenters. The number of pyridine rings is 1. The molecule has 2 saturated heterocycles. The second-order valence-electron chi connectivity index (χ2n) is 12.4. The molecule has 0 radical (unpaired) electrons. The summed E-state index contributed by atoms with van der Waals surface area (Å²) in [6, 6.07) is 8.35. The number of aromatic nitrogens is 3. The number of hydrogen-bond acceptors (Lipinski definition) is 8. The Morgan fingerprint density at radius 1 is 1.23 bits per heavy atom. The zero-order valence-corrected chi connectivity index (χ0v) is 24.6. The number of anilines is 1. The highest BCUT2D eigenvalue weighted by Crippen LogP contribution is 2.59. The topological polar surface area (TPSA) is 98.5 Å². The molecule has 2 aliphatic heterocycles. The Labute approximate surface area is 251 Å². The van der Waals surface area contributed by atoms with Crippen molar-refractivity contribution < 1.29 is 13.9 Å². The van der Waals surface area contributed by atoms with Crippen LogP contribution in [0.3, 0.4) is 0 Å². The normalized spacial score (nSPS) is 22.5. The SMILES string of the molecule is C=CC(=O)N1CCN(c2nc(OC[C@@H]3CCCN3C)nc3c(F)c(-c4cccc5c4C4(CC5)CC4)ncc23)C[C@@H]1CC#N. The fourth-order valence-electron chi connectivity index (χ4n) is 7.39. The van der Waals surface area contributed by atoms with E-state index in [1.807, 2.05) is 17.0 Å². The number of nitrogens with zero attached hydrogens (tertiary/aromatic N) is 7. The van der Waals surface area contributed by atoms with Crippen molar-refractivity contribution in [1.29, 1.82) is 5.26 Å². The van der Waals surface area contributed by atoms with Gasteiger partial charge in [0.2, 0.25) is 5.91 Å². The highest BCUT2D eigenvalue weighted by molar-refractivity contribution is 5.93. The molecule has 4 heterocycles. The Morgan fingerprint density at radius 3 is 2.84 bits per heavy atom. The minimum atomic E-state index is -0.478. The van der Waals surface area contributed by atoms with Crippen LogP contribution in [0, 0.1) is 17.1 Å². The first-order chi connectivity index (χ1) is 20.9. The quantitative estimate of drug-likeness (QED) is 0.379. The van der Waals surface area contributed by atoms with Crippen LogP contribution < -0.4 is 9.64 Å². The molecule has 1 spiro atoms. The number of likely N-dealkylation sites (N-methyl/N-ethyl adjacent to an activating group) is 1. The van der Waals surface area contributed by atoms with Crippen LogP contribution in [0.2, 0.25) is 0 Å². The first kappa shape index (κ1) is 27.7. The number of halogens is 1. The van der Waals surface area contributed by atoms with Crippen molar-refractivity contribution >= 4 is 22.6 Å². The molecule has 9 nitrogen and oxygen atoms in total. The van der Waals surface area contributed by atoms with Gasteiger partial charge in [-0.25, -0.2) is 4.39 Å². The Balaban J connectivity index is 1.31. The largest absolute Gasteiger partial charge is 0.462 e. The summed E-state index contributed by atoms with van der Waals surface area (Å²) < 4.78 is 22.9. The van der Waals surface area contributed by atoms with Crippen molar-refractivity contribution in [2.24, 2.45) is 0 Å². The molecule has 1 aromatic carbocycles. The molecule has 3 aromatic rings. The van der Waals surface area contributed by atoms with Gasteiger partial charge in [-0.3, -0.25) is 9.78 Å². The number of benzene rings is 1. The number of nitriles is 1. The molecule has 2 aromatic heterocycles. The van der Waals surface area contributed by atoms with Crippen LogP contribution in [0.15, 0.2) is 37.1 Å². The number of aryl methyl sites for hydroxylation is 1. The molecular formula is C33H36FN7O2. The van der Waals surface area contributed by atoms with Gasteiger partial charge in [0.1, 0.15) is 23.6 Å². The number of carbonyl (C=O) groups excluding carboxylic acids is 1. The predicted octanol–water partition coefficient (Wildman–Crippen LogP) is 4.40. The van der Waals surface area contributed by atoms with E-state index < -0.39 is 5.82 Å². The number of fused-ring (bicyclic) bond motifs is 3. The third-order valence-electron chi connectivity index (χ3n) is 9.95. The lowest BCUT2D eigenvalue weighted by atomic mass is 9.91. The summed E-state index contributed by atoms with van der Waals surface area (Å²) in [4.78, 5) is 32.6. The minimum Gasteiger partial charge on any atom is -0.462 e. The summed E-state index contributed by atoms with van der Waals surface area (Å²) in [7, 11) is 2.08. The van der Waals surface area contributed by atoms with Gasteiger partial charge in [0.15, 0.2) is 5.82 Å². The van der Waals surface area contributed by atoms with E-state index in [0.717, 1.165) is 50.6 Å². The van der Waals surface area contributed by atoms with Gasteiger partial charge in [-0.15, -0.1) is 0 Å². The highest BCUT2D eigenvalue weighted by atomic mass is 19.1. The van der Waals surface area contributed by atoms with Crippen molar-refractivity contribution in [2.75, 3.05) is 44.7 Å². The van der Waals surface area contributed by atoms with E-state index in [-0.39, 0.29) is 41.4 Å². The van der Waals surface area contributed by atoms with Gasteiger partial charge in [0.05, 0.1) is 23.9 Å². The molecule has 1 amide bonds. The lowest BCUT2D eigenvalue weighted by Gasteiger charge is -2.41. The van der Waals surface area contributed by atoms with Gasteiger partial charge in [-0.05, 0) is 74.7 Å². The maximum atomic E-state index is 16.7. The molecule has 0 N–H and O–H groups in total. The standard InChI is InChI=1S/C33H36FN7O2/c1-3-26(42)41-17-16-40(19-22(41)10-14-35)31-25-18-36-29(24-8-4-6-21-9-11-33(12-13-33)27(21)24)28(34)30(25)37-32(38-31)43-20-23-7-5-15-39(23)2/h3-4,6,8,18,22-23H,1,5,7,9-13,15-17,19-20H2,2H3/t22-,23-/m0/s1. The molecular weight excluding hydrogens is 545 g/mol. The fraction of sp³-hybridized carbons (Fsp3) is 0.485. The molecule has 0 bridgehead atoms. The Hall–Kier alpha value is -4.10. The lowest BCUT2D eigenvalue weighted by Crippen LogP contribution is -2.55. The highest BCUT2D eigenvalue weighted by Gasteiger charge is 2.50. The van der Waals surface area contributed by atoms with Crippen LogP contribution in [0.1, 0.15) is 49.7 Å². The molecule has 4 aliphatic rings. The molecule has 222 valence electrons. The lowest BCUT2D eigenvalue weighted by molar-refractivity contribution is -0.128. The van der Waals surface area contributed by atoms with Crippen LogP contribution in [-0.4, -0.2) is 82.6 Å². The van der Waals surface area contributed by atoms with Gasteiger partial charge in [0.25, 0.3) is 0 Å². The Kier molecular flexibility index (Phi) is 7.01. The van der Waals surface area contributed by atoms with Gasteiger partial charge in [-0.1, -0.05) is 24.8 Å². The van der Waals surface area contributed by atoms with Crippen LogP contribution in [0.25, 0.3) is 22.2 Å². The number of hydrogen-bond donors (Lipinski definition) is 0. The van der Waals surface area contributed by atoms with E-state index in [1.54, 1.807) is 11.1 Å². The number of ether oxygens (including phenoxy) is 1. The first-order valence-corrected chi connectivity index (χ1v) is 15.3. The van der Waals surface area contributed by atoms with Crippen molar-refractivity contribution in [1.82, 2.24) is 24.8 Å². The summed E-state index contributed by atoms with van der Waals surface area (Å²) in [6.45, 7) is 6.25. The zero-order valence-electron chi connectivity index (χ0n) is 24.6. The van der Waals surface area contributed by atoms with Crippen molar-refractivity contribution in [2.45, 2.75) is 62.4 Å². The number of piperazine rings is 1. The van der Waals surface area contributed by atoms with Gasteiger partial charge >= 0.3 is 6.01 Å². The van der Waals surface area contributed by atoms with Crippen molar-refractivity contribution in [3.05, 3.63) is 54.0 Å². The molecule has 7 rings (SSSR count). The van der Waals surface area contributed by atoms with Crippen LogP contribution in [0.5, 0.6) is 6.01 Å². The molecule has 2 aliphatic carbocycles. The molecule has 1 saturated carbocycles. The summed E-state index contributed by atoms with van der Waals surface area (Å²) in [6.07, 6.45) is 9.64. The van der Waals surface area contributed by atoms with Gasteiger partial charge in [-0.2, -0.15) is 15.2 Å². The summed E-state index contributed by atoms with van der Waals surface area (Å²) >= 11 is 0. The number of amides is 1. The maximum Gasteiger partial charge on any atom is 0.319 e. The zero-order chi connectivity index (χ0) is 29.7. The van der Waals surface area contributed by atoms with E-state index in [1.165, 1.54) is 17.2 Å². The number of carbonyl (C=O) groups is 1. The third kappa shape index (κ3) is 4.80. The van der Waals surface area contributed by atoms with Crippen molar-refractivity contribution in [3.63, 3.8) is 0 Å². The summed E-state index contributed by atoms with van der Waals surface area (Å²) in [5, 5.41) is 9.99. The number of likely N-dealkylation sites (tertiary alicyclic amines) is 1. The van der Waals surface area contributed by atoms with Crippen LogP contribution >= 0.6 is 0 Å². The number of rotatable bonds is 7. The Morgan fingerprint density at radius 2 is 2.09 bits per heavy atom. The minimum absolute atomic E-state index is 0.122.